The number of amides is 1. The molecule has 3 heterocycles. The lowest BCUT2D eigenvalue weighted by Gasteiger charge is -2.34. The van der Waals surface area contributed by atoms with E-state index < -0.39 is 0 Å². The van der Waals surface area contributed by atoms with Crippen LogP contribution >= 0.6 is 11.3 Å². The van der Waals surface area contributed by atoms with Crippen molar-refractivity contribution in [2.75, 3.05) is 23.3 Å². The number of hydrogen-bond donors (Lipinski definition) is 1. The Kier molecular flexibility index (Phi) is 6.15. The number of nitrogens with zero attached hydrogens (tertiary/aromatic N) is 3. The van der Waals surface area contributed by atoms with Gasteiger partial charge in [0.05, 0.1) is 18.0 Å². The van der Waals surface area contributed by atoms with E-state index in [1.165, 1.54) is 23.5 Å². The molecule has 0 saturated carbocycles. The van der Waals surface area contributed by atoms with Crippen molar-refractivity contribution in [2.24, 2.45) is 5.92 Å². The molecule has 1 unspecified atom stereocenters. The van der Waals surface area contributed by atoms with Gasteiger partial charge in [0.15, 0.2) is 0 Å². The molecule has 174 valence electrons. The minimum atomic E-state index is -0.344. The molecule has 8 heteroatoms. The molecule has 1 aliphatic rings. The first-order valence-electron chi connectivity index (χ1n) is 11.3. The Labute approximate surface area is 200 Å². The summed E-state index contributed by atoms with van der Waals surface area (Å²) in [4.78, 5) is 33.3. The van der Waals surface area contributed by atoms with Gasteiger partial charge < -0.3 is 10.2 Å². The first-order chi connectivity index (χ1) is 16.5. The molecule has 0 spiro atoms. The number of fused-ring (bicyclic) bond motifs is 1. The van der Waals surface area contributed by atoms with Crippen molar-refractivity contribution < 1.29 is 9.18 Å². The number of carbonyl (C=O) groups excluding carboxylic acids is 1. The Morgan fingerprint density at radius 1 is 1.15 bits per heavy atom. The summed E-state index contributed by atoms with van der Waals surface area (Å²) >= 11 is 1.40. The zero-order chi connectivity index (χ0) is 23.7. The third-order valence-electron chi connectivity index (χ3n) is 6.19. The second kappa shape index (κ2) is 9.38. The fourth-order valence-electron chi connectivity index (χ4n) is 4.34. The molecule has 2 aromatic carbocycles. The van der Waals surface area contributed by atoms with E-state index >= 15 is 0 Å². The van der Waals surface area contributed by atoms with Gasteiger partial charge in [-0.3, -0.25) is 14.2 Å². The van der Waals surface area contributed by atoms with E-state index in [1.54, 1.807) is 16.7 Å². The average Bonchev–Trinajstić information content (AvgIpc) is 3.33. The Morgan fingerprint density at radius 3 is 2.68 bits per heavy atom. The van der Waals surface area contributed by atoms with Crippen LogP contribution < -0.4 is 15.8 Å². The number of aromatic nitrogens is 2. The van der Waals surface area contributed by atoms with Crippen LogP contribution in [0.4, 0.5) is 16.0 Å². The zero-order valence-electron chi connectivity index (χ0n) is 18.8. The molecule has 1 atom stereocenters. The van der Waals surface area contributed by atoms with E-state index in [2.05, 4.69) is 5.32 Å². The van der Waals surface area contributed by atoms with Crippen molar-refractivity contribution in [1.29, 1.82) is 0 Å². The van der Waals surface area contributed by atoms with Crippen LogP contribution in [0, 0.1) is 18.7 Å². The van der Waals surface area contributed by atoms with Gasteiger partial charge in [-0.2, -0.15) is 0 Å². The maximum absolute atomic E-state index is 13.4. The van der Waals surface area contributed by atoms with Crippen LogP contribution in [-0.2, 0) is 11.3 Å². The third-order valence-corrected chi connectivity index (χ3v) is 7.09. The predicted octanol–water partition coefficient (Wildman–Crippen LogP) is 4.81. The quantitative estimate of drug-likeness (QED) is 0.449. The Morgan fingerprint density at radius 2 is 1.91 bits per heavy atom. The first kappa shape index (κ1) is 22.3. The van der Waals surface area contributed by atoms with Gasteiger partial charge in [-0.15, -0.1) is 11.3 Å². The first-order valence-corrected chi connectivity index (χ1v) is 12.2. The highest BCUT2D eigenvalue weighted by Gasteiger charge is 2.29. The smallest absolute Gasteiger partial charge is 0.273 e. The molecule has 6 nitrogen and oxygen atoms in total. The van der Waals surface area contributed by atoms with Crippen LogP contribution in [0.5, 0.6) is 0 Å². The number of benzene rings is 2. The zero-order valence-corrected chi connectivity index (χ0v) is 19.6. The number of nitrogens with one attached hydrogen (secondary N) is 1. The van der Waals surface area contributed by atoms with Crippen LogP contribution in [-0.4, -0.2) is 28.5 Å². The SMILES string of the molecule is Cc1ccc(Cn2c(N3CCCC(C(=O)Nc4ccc(F)cc4)C3)nc3ccsc3c2=O)cc1. The third kappa shape index (κ3) is 4.59. The van der Waals surface area contributed by atoms with Crippen molar-refractivity contribution >= 4 is 39.1 Å². The molecule has 1 amide bonds. The van der Waals surface area contributed by atoms with Gasteiger partial charge in [0.1, 0.15) is 10.5 Å². The standard InChI is InChI=1S/C26H25FN4O2S/c1-17-4-6-18(7-5-17)15-31-25(33)23-22(12-14-34-23)29-26(31)30-13-2-3-19(16-30)24(32)28-21-10-8-20(27)9-11-21/h4-12,14,19H,2-3,13,15-16H2,1H3,(H,28,32). The van der Waals surface area contributed by atoms with Gasteiger partial charge in [0.2, 0.25) is 11.9 Å². The van der Waals surface area contributed by atoms with E-state index in [0.717, 1.165) is 30.5 Å². The predicted molar refractivity (Wildman–Crippen MR) is 134 cm³/mol. The largest absolute Gasteiger partial charge is 0.341 e. The number of carbonyl (C=O) groups is 1. The molecule has 0 aliphatic carbocycles. The number of hydrogen-bond acceptors (Lipinski definition) is 5. The number of anilines is 2. The van der Waals surface area contributed by atoms with Gasteiger partial charge in [-0.05, 0) is 61.0 Å². The van der Waals surface area contributed by atoms with E-state index in [4.69, 9.17) is 4.98 Å². The van der Waals surface area contributed by atoms with Gasteiger partial charge in [0, 0.05) is 18.8 Å². The van der Waals surface area contributed by atoms with Gasteiger partial charge in [-0.25, -0.2) is 9.37 Å². The lowest BCUT2D eigenvalue weighted by atomic mass is 9.97. The number of halogens is 1. The molecule has 1 fully saturated rings. The molecule has 5 rings (SSSR count). The lowest BCUT2D eigenvalue weighted by Crippen LogP contribution is -2.43. The van der Waals surface area contributed by atoms with Crippen molar-refractivity contribution in [3.05, 3.63) is 87.3 Å². The van der Waals surface area contributed by atoms with Crippen molar-refractivity contribution in [3.8, 4) is 0 Å². The Bertz CT molecular complexity index is 1380. The summed E-state index contributed by atoms with van der Waals surface area (Å²) < 4.78 is 15.6. The molecule has 0 bridgehead atoms. The monoisotopic (exact) mass is 476 g/mol. The molecule has 4 aromatic rings. The van der Waals surface area contributed by atoms with Crippen LogP contribution in [0.15, 0.2) is 64.8 Å². The fourth-order valence-corrected chi connectivity index (χ4v) is 5.12. The maximum atomic E-state index is 13.4. The van der Waals surface area contributed by atoms with Crippen molar-refractivity contribution in [3.63, 3.8) is 0 Å². The summed E-state index contributed by atoms with van der Waals surface area (Å²) in [5.41, 5.74) is 3.37. The number of piperidine rings is 1. The topological polar surface area (TPSA) is 67.2 Å². The summed E-state index contributed by atoms with van der Waals surface area (Å²) in [6.45, 7) is 3.63. The minimum absolute atomic E-state index is 0.0616. The normalized spacial score (nSPS) is 16.1. The molecule has 0 radical (unpaired) electrons. The fraction of sp³-hybridized carbons (Fsp3) is 0.269. The Hall–Kier alpha value is -3.52. The molecular weight excluding hydrogens is 451 g/mol. The highest BCUT2D eigenvalue weighted by Crippen LogP contribution is 2.26. The van der Waals surface area contributed by atoms with E-state index in [1.807, 2.05) is 47.5 Å². The second-order valence-electron chi connectivity index (χ2n) is 8.70. The molecular formula is C26H25FN4O2S. The van der Waals surface area contributed by atoms with Crippen LogP contribution in [0.3, 0.4) is 0 Å². The molecule has 1 N–H and O–H groups in total. The van der Waals surface area contributed by atoms with Gasteiger partial charge in [0.25, 0.3) is 5.56 Å². The van der Waals surface area contributed by atoms with Gasteiger partial charge in [-0.1, -0.05) is 29.8 Å². The summed E-state index contributed by atoms with van der Waals surface area (Å²) in [7, 11) is 0. The molecule has 1 saturated heterocycles. The van der Waals surface area contributed by atoms with E-state index in [9.17, 15) is 14.0 Å². The number of rotatable bonds is 5. The second-order valence-corrected chi connectivity index (χ2v) is 9.62. The van der Waals surface area contributed by atoms with E-state index in [0.29, 0.717) is 34.9 Å². The average molecular weight is 477 g/mol. The summed E-state index contributed by atoms with van der Waals surface area (Å²) in [5.74, 6) is -0.124. The maximum Gasteiger partial charge on any atom is 0.273 e. The molecule has 1 aliphatic heterocycles. The summed E-state index contributed by atoms with van der Waals surface area (Å²) in [6, 6.07) is 15.8. The molecule has 2 aromatic heterocycles. The Balaban J connectivity index is 1.44. The van der Waals surface area contributed by atoms with Gasteiger partial charge >= 0.3 is 0 Å². The van der Waals surface area contributed by atoms with Crippen LogP contribution in [0.2, 0.25) is 0 Å². The van der Waals surface area contributed by atoms with Crippen molar-refractivity contribution in [2.45, 2.75) is 26.3 Å². The summed E-state index contributed by atoms with van der Waals surface area (Å²) in [5, 5.41) is 4.77. The highest BCUT2D eigenvalue weighted by atomic mass is 32.1. The number of thiophene rings is 1. The number of aryl methyl sites for hydroxylation is 1. The highest BCUT2D eigenvalue weighted by molar-refractivity contribution is 7.17. The van der Waals surface area contributed by atoms with Crippen LogP contribution in [0.25, 0.3) is 10.2 Å². The van der Waals surface area contributed by atoms with Crippen molar-refractivity contribution in [1.82, 2.24) is 9.55 Å². The van der Waals surface area contributed by atoms with E-state index in [-0.39, 0.29) is 23.2 Å². The van der Waals surface area contributed by atoms with Crippen LogP contribution in [0.1, 0.15) is 24.0 Å². The lowest BCUT2D eigenvalue weighted by molar-refractivity contribution is -0.120. The molecule has 34 heavy (non-hydrogen) atoms. The summed E-state index contributed by atoms with van der Waals surface area (Å²) in [6.07, 6.45) is 1.55. The minimum Gasteiger partial charge on any atom is -0.341 e.